The van der Waals surface area contributed by atoms with E-state index in [-0.39, 0.29) is 17.4 Å². The maximum atomic E-state index is 6.39. The minimum Gasteiger partial charge on any atom is -0.489 e. The van der Waals surface area contributed by atoms with Gasteiger partial charge in [0.05, 0.1) is 15.9 Å². The van der Waals surface area contributed by atoms with Gasteiger partial charge in [0.25, 0.3) is 5.35 Å². The summed E-state index contributed by atoms with van der Waals surface area (Å²) in [5.41, 5.74) is 2.34. The summed E-state index contributed by atoms with van der Waals surface area (Å²) in [6, 6.07) is 11.6. The van der Waals surface area contributed by atoms with E-state index in [4.69, 9.17) is 60.3 Å². The third-order valence-corrected chi connectivity index (χ3v) is 5.42. The molecule has 0 aliphatic rings. The molecule has 0 aliphatic carbocycles. The van der Waals surface area contributed by atoms with Crippen molar-refractivity contribution in [2.24, 2.45) is 0 Å². The predicted molar refractivity (Wildman–Crippen MR) is 117 cm³/mol. The maximum Gasteiger partial charge on any atom is 0.292 e. The SMILES string of the molecule is CC(C)(c1ccc(OCc2coc(Cl)n2)cc1)c1cc(Cl)c(OCCCl)c(Cl)c1. The second kappa shape index (κ2) is 9.48. The van der Waals surface area contributed by atoms with Crippen LogP contribution in [0.4, 0.5) is 0 Å². The Morgan fingerprint density at radius 2 is 1.62 bits per heavy atom. The van der Waals surface area contributed by atoms with Crippen LogP contribution in [0.5, 0.6) is 11.5 Å². The average Bonchev–Trinajstić information content (AvgIpc) is 3.11. The van der Waals surface area contributed by atoms with Gasteiger partial charge in [0.15, 0.2) is 5.75 Å². The zero-order valence-electron chi connectivity index (χ0n) is 15.8. The van der Waals surface area contributed by atoms with Gasteiger partial charge in [0.1, 0.15) is 30.9 Å². The Bertz CT molecular complexity index is 947. The van der Waals surface area contributed by atoms with Gasteiger partial charge in [0.2, 0.25) is 0 Å². The van der Waals surface area contributed by atoms with Crippen LogP contribution in [0.2, 0.25) is 15.4 Å². The number of oxazole rings is 1. The van der Waals surface area contributed by atoms with Crippen molar-refractivity contribution in [3.63, 3.8) is 0 Å². The van der Waals surface area contributed by atoms with E-state index in [1.54, 1.807) is 0 Å². The van der Waals surface area contributed by atoms with Crippen molar-refractivity contribution in [1.29, 1.82) is 0 Å². The number of nitrogens with zero attached hydrogens (tertiary/aromatic N) is 1. The van der Waals surface area contributed by atoms with Crippen molar-refractivity contribution in [3.8, 4) is 11.5 Å². The first-order chi connectivity index (χ1) is 13.8. The Morgan fingerprint density at radius 1 is 0.966 bits per heavy atom. The monoisotopic (exact) mass is 473 g/mol. The Balaban J connectivity index is 1.76. The van der Waals surface area contributed by atoms with Gasteiger partial charge in [-0.25, -0.2) is 4.98 Å². The lowest BCUT2D eigenvalue weighted by atomic mass is 9.78. The fourth-order valence-electron chi connectivity index (χ4n) is 2.84. The summed E-state index contributed by atoms with van der Waals surface area (Å²) in [6.45, 7) is 4.81. The molecule has 154 valence electrons. The molecule has 0 amide bonds. The molecule has 0 atom stereocenters. The Morgan fingerprint density at radius 3 is 2.17 bits per heavy atom. The number of benzene rings is 2. The third kappa shape index (κ3) is 5.32. The largest absolute Gasteiger partial charge is 0.489 e. The minimum atomic E-state index is -0.337. The summed E-state index contributed by atoms with van der Waals surface area (Å²) in [4.78, 5) is 4.00. The van der Waals surface area contributed by atoms with Crippen LogP contribution in [0.15, 0.2) is 47.1 Å². The van der Waals surface area contributed by atoms with Crippen LogP contribution in [-0.2, 0) is 12.0 Å². The molecule has 0 N–H and O–H groups in total. The van der Waals surface area contributed by atoms with Crippen LogP contribution in [0.25, 0.3) is 0 Å². The second-order valence-electron chi connectivity index (χ2n) is 6.84. The van der Waals surface area contributed by atoms with Gasteiger partial charge >= 0.3 is 0 Å². The van der Waals surface area contributed by atoms with Crippen molar-refractivity contribution >= 4 is 46.4 Å². The molecule has 0 saturated carbocycles. The van der Waals surface area contributed by atoms with E-state index in [0.717, 1.165) is 11.1 Å². The van der Waals surface area contributed by atoms with E-state index < -0.39 is 0 Å². The van der Waals surface area contributed by atoms with Gasteiger partial charge in [-0.1, -0.05) is 49.2 Å². The highest BCUT2D eigenvalue weighted by atomic mass is 35.5. The minimum absolute atomic E-state index is 0.0945. The lowest BCUT2D eigenvalue weighted by Gasteiger charge is -2.27. The molecule has 0 unspecified atom stereocenters. The van der Waals surface area contributed by atoms with E-state index in [1.165, 1.54) is 6.26 Å². The van der Waals surface area contributed by atoms with Crippen LogP contribution >= 0.6 is 46.4 Å². The van der Waals surface area contributed by atoms with Gasteiger partial charge in [-0.05, 0) is 47.0 Å². The van der Waals surface area contributed by atoms with Crippen LogP contribution in [0, 0.1) is 0 Å². The third-order valence-electron chi connectivity index (χ3n) is 4.53. The summed E-state index contributed by atoms with van der Waals surface area (Å²) in [5, 5.41) is 1.01. The Labute approximate surface area is 189 Å². The van der Waals surface area contributed by atoms with E-state index in [2.05, 4.69) is 18.8 Å². The number of halogens is 4. The van der Waals surface area contributed by atoms with E-state index in [1.807, 2.05) is 36.4 Å². The molecule has 0 saturated heterocycles. The molecule has 1 aromatic heterocycles. The second-order valence-corrected chi connectivity index (χ2v) is 8.35. The Hall–Kier alpha value is -1.59. The normalized spacial score (nSPS) is 11.5. The smallest absolute Gasteiger partial charge is 0.292 e. The van der Waals surface area contributed by atoms with Gasteiger partial charge in [-0.2, -0.15) is 0 Å². The number of rotatable bonds is 8. The molecule has 4 nitrogen and oxygen atoms in total. The number of hydrogen-bond acceptors (Lipinski definition) is 4. The molecule has 0 radical (unpaired) electrons. The number of ether oxygens (including phenoxy) is 2. The van der Waals surface area contributed by atoms with Crippen molar-refractivity contribution in [2.45, 2.75) is 25.9 Å². The van der Waals surface area contributed by atoms with Crippen LogP contribution in [0.1, 0.15) is 30.7 Å². The van der Waals surface area contributed by atoms with Crippen molar-refractivity contribution in [3.05, 3.63) is 74.9 Å². The molecule has 3 rings (SSSR count). The lowest BCUT2D eigenvalue weighted by Crippen LogP contribution is -2.19. The molecule has 0 spiro atoms. The highest BCUT2D eigenvalue weighted by Crippen LogP contribution is 2.40. The molecule has 0 bridgehead atoms. The van der Waals surface area contributed by atoms with Crippen molar-refractivity contribution < 1.29 is 13.9 Å². The highest BCUT2D eigenvalue weighted by Gasteiger charge is 2.25. The average molecular weight is 475 g/mol. The van der Waals surface area contributed by atoms with Crippen molar-refractivity contribution in [2.75, 3.05) is 12.5 Å². The van der Waals surface area contributed by atoms with E-state index in [9.17, 15) is 0 Å². The molecule has 2 aromatic carbocycles. The van der Waals surface area contributed by atoms with Gasteiger partial charge in [0, 0.05) is 5.41 Å². The highest BCUT2D eigenvalue weighted by molar-refractivity contribution is 6.37. The van der Waals surface area contributed by atoms with Crippen LogP contribution in [-0.4, -0.2) is 17.5 Å². The molecular weight excluding hydrogens is 456 g/mol. The standard InChI is InChI=1S/C21H19Cl4NO3/c1-21(2,14-9-17(23)19(18(24)10-14)27-8-7-22)13-3-5-16(6-4-13)28-11-15-12-29-20(25)26-15/h3-6,9-10,12H,7-8,11H2,1-2H3. The van der Waals surface area contributed by atoms with Crippen molar-refractivity contribution in [1.82, 2.24) is 4.98 Å². The topological polar surface area (TPSA) is 44.5 Å². The summed E-state index contributed by atoms with van der Waals surface area (Å²) >= 11 is 24.1. The van der Waals surface area contributed by atoms with Gasteiger partial charge in [-0.3, -0.25) is 0 Å². The summed E-state index contributed by atoms with van der Waals surface area (Å²) in [5.74, 6) is 1.52. The molecule has 3 aromatic rings. The number of aromatic nitrogens is 1. The first kappa shape index (κ1) is 22.1. The maximum absolute atomic E-state index is 6.39. The zero-order valence-corrected chi connectivity index (χ0v) is 18.9. The van der Waals surface area contributed by atoms with Crippen LogP contribution < -0.4 is 9.47 Å². The number of hydrogen-bond donors (Lipinski definition) is 0. The summed E-state index contributed by atoms with van der Waals surface area (Å²) in [7, 11) is 0. The molecule has 29 heavy (non-hydrogen) atoms. The molecule has 1 heterocycles. The molecule has 8 heteroatoms. The summed E-state index contributed by atoms with van der Waals surface area (Å²) < 4.78 is 16.2. The Kier molecular flexibility index (Phi) is 7.23. The first-order valence-electron chi connectivity index (χ1n) is 8.83. The first-order valence-corrected chi connectivity index (χ1v) is 10.5. The van der Waals surface area contributed by atoms with E-state index in [0.29, 0.717) is 39.7 Å². The fourth-order valence-corrected chi connectivity index (χ4v) is 3.67. The van der Waals surface area contributed by atoms with E-state index >= 15 is 0 Å². The molecule has 0 fully saturated rings. The quantitative estimate of drug-likeness (QED) is 0.325. The van der Waals surface area contributed by atoms with Gasteiger partial charge < -0.3 is 13.9 Å². The molecular formula is C21H19Cl4NO3. The van der Waals surface area contributed by atoms with Crippen LogP contribution in [0.3, 0.4) is 0 Å². The molecule has 0 aliphatic heterocycles. The number of alkyl halides is 1. The lowest BCUT2D eigenvalue weighted by molar-refractivity contribution is 0.301. The summed E-state index contributed by atoms with van der Waals surface area (Å²) in [6.07, 6.45) is 1.47. The zero-order chi connectivity index (χ0) is 21.0. The predicted octanol–water partition coefficient (Wildman–Crippen LogP) is 7.16. The van der Waals surface area contributed by atoms with Gasteiger partial charge in [-0.15, -0.1) is 11.6 Å². The fraction of sp³-hybridized carbons (Fsp3) is 0.286.